The second-order valence-corrected chi connectivity index (χ2v) is 19.7. The van der Waals surface area contributed by atoms with E-state index in [0.29, 0.717) is 0 Å². The van der Waals surface area contributed by atoms with Gasteiger partial charge in [0.25, 0.3) is 0 Å². The molecule has 0 spiro atoms. The summed E-state index contributed by atoms with van der Waals surface area (Å²) >= 11 is 3.27. The zero-order chi connectivity index (χ0) is 105. The highest BCUT2D eigenvalue weighted by Gasteiger charge is 2.20. The van der Waals surface area contributed by atoms with Crippen molar-refractivity contribution in [3.63, 3.8) is 0 Å². The normalized spacial score (nSPS) is 19.6. The third-order valence-corrected chi connectivity index (χ3v) is 14.7. The molecule has 6 heteroatoms. The SMILES string of the molecule is [2H]c1c([2H])c(-c2c3c([2H])c([2H])c([2H])c([2H])c3c(-c3c([2H])c([2H])c4c(oc5c([2H])c([2H])c([2H])c([2H])c54)c3[2H])c3c([2H])c([2H])c([2H])c([2H])c23)c([2H])c([2H])c1-c1c([2H])c([2H])c([2H])c2c([2H])c([2H])c([2H])c([2H])c12.[2H]c1c([2H])c(-c2c3c([2H])c([2H])c([2H])c([2H])c3c(Br)c3c([2H])c([2H])c([2H])c([2H])c23)c([2H])c([2H])c1-c1c([2H])c([2H])c([2H])c2c([2H])c([2H])c([2H])c([2H])c12.[2H]c1c([2H])c([2H])c2c(oc3c([2H])c(B(O)O)c([2H])c([2H])c32)c1[2H]. The van der Waals surface area contributed by atoms with Gasteiger partial charge in [-0.2, -0.15) is 0 Å². The minimum Gasteiger partial charge on any atom is -0.456 e. The number of para-hydroxylation sites is 2. The third kappa shape index (κ3) is 9.66. The first-order valence-electron chi connectivity index (χ1n) is 52.1. The van der Waals surface area contributed by atoms with Gasteiger partial charge in [-0.05, 0) is 172 Å². The van der Waals surface area contributed by atoms with Crippen molar-refractivity contribution in [2.24, 2.45) is 0 Å². The van der Waals surface area contributed by atoms with Crippen molar-refractivity contribution in [1.29, 1.82) is 0 Å². The van der Waals surface area contributed by atoms with Crippen LogP contribution in [0.25, 0.3) is 164 Å². The number of halogens is 1. The molecule has 0 aliphatic carbocycles. The highest BCUT2D eigenvalue weighted by atomic mass is 79.9. The standard InChI is InChI=1S/C42H26O.C30H19Br.C12H9BO3/c1-2-12-31-27(10-1)11-9-18-32(31)28-20-22-29(23-21-28)41-35-14-3-5-16-37(35)42(38-17-6-4-15-36(38)41)30-24-25-34-33-13-7-8-19-39(33)43-40(34)26-30;31-30-27-13-5-3-11-25(27)29(26-12-4-6-14-28(26)30)22-18-16-21(17-19-22)24-15-7-9-20-8-1-2-10-23(20)24;14-13(15)8-5-6-10-9-3-1-2-4-11(9)16-12(10)7-8/h1-26H;1-19H;1-7,14-15H/i1D,2D,3D,4D,5D,6D,7D,8D,9D,10D,11D,12D,13D,14D,15D,16D,17D,18D,19D,20D,21D,22D,23D,24D,25D,26D;1D,2D,3D,4D,5D,6D,7D,8D,9D,10D,11D,12D,13D,14D,15D,16D,17D,18D,19D;1D,2D,3D,4D,5D,6D,7D. The summed E-state index contributed by atoms with van der Waals surface area (Å²) in [7, 11) is -2.15. The average molecular weight is 1270 g/mol. The number of rotatable bonds is 6. The minimum absolute atomic E-state index is 0.100. The molecule has 18 aromatic rings. The molecule has 2 N–H and O–H groups in total. The van der Waals surface area contributed by atoms with E-state index in [4.69, 9.17) is 65.0 Å². The van der Waals surface area contributed by atoms with E-state index < -0.39 is 442 Å². The molecule has 2 heterocycles. The fourth-order valence-electron chi connectivity index (χ4n) is 9.94. The van der Waals surface area contributed by atoms with Gasteiger partial charge in [-0.25, -0.2) is 0 Å². The Morgan fingerprint density at radius 3 is 0.989 bits per heavy atom. The van der Waals surface area contributed by atoms with Gasteiger partial charge in [0.05, 0.1) is 71.3 Å². The van der Waals surface area contributed by atoms with E-state index in [9.17, 15) is 25.1 Å². The molecule has 16 aromatic carbocycles. The quantitative estimate of drug-likeness (QED) is 0.129. The Morgan fingerprint density at radius 2 is 0.556 bits per heavy atom. The van der Waals surface area contributed by atoms with E-state index in [-0.39, 0.29) is 53.3 Å². The molecule has 90 heavy (non-hydrogen) atoms. The predicted octanol–water partition coefficient (Wildman–Crippen LogP) is 22.6. The van der Waals surface area contributed by atoms with Crippen molar-refractivity contribution >= 4 is 137 Å². The molecule has 0 fully saturated rings. The maximum absolute atomic E-state index is 9.50. The highest BCUT2D eigenvalue weighted by molar-refractivity contribution is 9.10. The van der Waals surface area contributed by atoms with Crippen molar-refractivity contribution in [2.75, 3.05) is 0 Å². The van der Waals surface area contributed by atoms with E-state index in [2.05, 4.69) is 15.9 Å². The lowest BCUT2D eigenvalue weighted by Gasteiger charge is -2.18. The van der Waals surface area contributed by atoms with E-state index in [1.807, 2.05) is 0 Å². The Kier molecular flexibility index (Phi) is 5.79. The first kappa shape index (κ1) is 22.6. The maximum Gasteiger partial charge on any atom is 0.488 e. The molecule has 4 nitrogen and oxygen atoms in total. The Bertz CT molecular complexity index is 8810. The summed E-state index contributed by atoms with van der Waals surface area (Å²) in [5.41, 5.74) is -8.92. The van der Waals surface area contributed by atoms with Gasteiger partial charge in [0.2, 0.25) is 0 Å². The van der Waals surface area contributed by atoms with Gasteiger partial charge in [-0.1, -0.05) is 284 Å². The Balaban J connectivity index is 0.000000172. The van der Waals surface area contributed by atoms with Gasteiger partial charge in [-0.3, -0.25) is 0 Å². The number of fused-ring (bicyclic) bond motifs is 12. The van der Waals surface area contributed by atoms with Crippen molar-refractivity contribution in [1.82, 2.24) is 0 Å². The molecular formula is C84H54BBrO4. The third-order valence-electron chi connectivity index (χ3n) is 13.9. The summed E-state index contributed by atoms with van der Waals surface area (Å²) in [5.74, 6) is 0. The van der Waals surface area contributed by atoms with Crippen LogP contribution in [-0.2, 0) is 0 Å². The summed E-state index contributed by atoms with van der Waals surface area (Å²) < 4.78 is 461. The van der Waals surface area contributed by atoms with Gasteiger partial charge in [0.1, 0.15) is 22.3 Å². The summed E-state index contributed by atoms with van der Waals surface area (Å²) in [4.78, 5) is 0. The lowest BCUT2D eigenvalue weighted by molar-refractivity contribution is 0.425. The predicted molar refractivity (Wildman–Crippen MR) is 384 cm³/mol. The molecule has 0 aliphatic heterocycles. The fourth-order valence-corrected chi connectivity index (χ4v) is 10.5. The highest BCUT2D eigenvalue weighted by Crippen LogP contribution is 2.46. The van der Waals surface area contributed by atoms with Crippen LogP contribution in [-0.4, -0.2) is 17.2 Å². The first-order chi connectivity index (χ1) is 66.1. The zero-order valence-electron chi connectivity index (χ0n) is 96.7. The Hall–Kier alpha value is -10.9. The number of hydrogen-bond donors (Lipinski definition) is 2. The van der Waals surface area contributed by atoms with Gasteiger partial charge < -0.3 is 18.9 Å². The van der Waals surface area contributed by atoms with E-state index in [0.717, 1.165) is 0 Å². The van der Waals surface area contributed by atoms with Crippen LogP contribution in [0.15, 0.2) is 328 Å². The van der Waals surface area contributed by atoms with Gasteiger partial charge in [-0.15, -0.1) is 0 Å². The number of hydrogen-bond acceptors (Lipinski definition) is 4. The monoisotopic (exact) mass is 1270 g/mol. The average Bonchev–Trinajstić information content (AvgIpc) is 1.69. The Labute approximate surface area is 601 Å². The summed E-state index contributed by atoms with van der Waals surface area (Å²) in [6, 6.07) is -41.3. The molecule has 0 unspecified atom stereocenters. The zero-order valence-corrected chi connectivity index (χ0v) is 46.3. The molecule has 0 saturated heterocycles. The lowest BCUT2D eigenvalue weighted by atomic mass is 9.80. The van der Waals surface area contributed by atoms with Gasteiger partial charge >= 0.3 is 7.12 Å². The van der Waals surface area contributed by atoms with Crippen LogP contribution in [0.3, 0.4) is 0 Å². The minimum atomic E-state index is -2.15. The van der Waals surface area contributed by atoms with Crippen LogP contribution >= 0.6 is 15.9 Å². The van der Waals surface area contributed by atoms with Crippen LogP contribution < -0.4 is 5.46 Å². The summed E-state index contributed by atoms with van der Waals surface area (Å²) in [6.45, 7) is 0. The largest absolute Gasteiger partial charge is 0.488 e. The van der Waals surface area contributed by atoms with Crippen LogP contribution in [0.2, 0.25) is 0 Å². The molecule has 424 valence electrons. The van der Waals surface area contributed by atoms with Gasteiger partial charge in [0.15, 0.2) is 0 Å². The molecule has 0 amide bonds. The molecule has 18 rings (SSSR count). The fraction of sp³-hybridized carbons (Fsp3) is 0. The van der Waals surface area contributed by atoms with E-state index in [1.165, 1.54) is 0 Å². The molecular weight excluding hydrogens is 1160 g/mol. The van der Waals surface area contributed by atoms with Crippen LogP contribution in [0.4, 0.5) is 0 Å². The summed E-state index contributed by atoms with van der Waals surface area (Å²) in [5, 5.41) is 11.4. The van der Waals surface area contributed by atoms with Crippen LogP contribution in [0.1, 0.15) is 71.3 Å². The first-order valence-corrected chi connectivity index (χ1v) is 26.9. The van der Waals surface area contributed by atoms with Crippen molar-refractivity contribution in [2.45, 2.75) is 0 Å². The lowest BCUT2D eigenvalue weighted by Crippen LogP contribution is -2.29. The topological polar surface area (TPSA) is 66.7 Å². The van der Waals surface area contributed by atoms with Crippen LogP contribution in [0, 0.1) is 0 Å². The molecule has 0 bridgehead atoms. The number of furan rings is 2. The molecule has 2 aromatic heterocycles. The van der Waals surface area contributed by atoms with E-state index in [1.54, 1.807) is 0 Å². The van der Waals surface area contributed by atoms with E-state index >= 15 is 0 Å². The maximum atomic E-state index is 9.50. The number of benzene rings is 16. The van der Waals surface area contributed by atoms with Crippen LogP contribution in [0.5, 0.6) is 0 Å². The summed E-state index contributed by atoms with van der Waals surface area (Å²) in [6.07, 6.45) is 0. The van der Waals surface area contributed by atoms with Gasteiger partial charge in [0, 0.05) is 26.0 Å². The Morgan fingerprint density at radius 1 is 0.256 bits per heavy atom. The molecule has 0 aliphatic rings. The molecule has 0 saturated carbocycles. The van der Waals surface area contributed by atoms with Crippen molar-refractivity contribution < 1.29 is 90.2 Å². The van der Waals surface area contributed by atoms with Crippen molar-refractivity contribution in [3.05, 3.63) is 319 Å². The van der Waals surface area contributed by atoms with Crippen molar-refractivity contribution in [3.8, 4) is 55.6 Å². The molecule has 0 radical (unpaired) electrons. The second kappa shape index (κ2) is 23.0. The smallest absolute Gasteiger partial charge is 0.456 e. The molecule has 0 atom stereocenters. The second-order valence-electron chi connectivity index (χ2n) is 18.9.